The smallest absolute Gasteiger partial charge is 0.397 e. The Morgan fingerprint density at radius 1 is 0.804 bits per heavy atom. The molecule has 0 saturated carbocycles. The number of ether oxygens (including phenoxy) is 4. The maximum absolute atomic E-state index is 12.7. The molecule has 0 bridgehead atoms. The molecular formula is C33H62O12S. The zero-order valence-electron chi connectivity index (χ0n) is 28.1. The van der Waals surface area contributed by atoms with E-state index in [0.717, 1.165) is 57.8 Å². The molecule has 0 aromatic carbocycles. The van der Waals surface area contributed by atoms with Crippen LogP contribution in [0, 0.1) is 0 Å². The van der Waals surface area contributed by atoms with Crippen molar-refractivity contribution >= 4 is 16.4 Å². The number of aliphatic hydroxyl groups is 3. The molecule has 13 heteroatoms. The fourth-order valence-corrected chi connectivity index (χ4v) is 5.70. The summed E-state index contributed by atoms with van der Waals surface area (Å²) in [6, 6.07) is 0. The van der Waals surface area contributed by atoms with Crippen molar-refractivity contribution in [2.24, 2.45) is 0 Å². The molecule has 0 amide bonds. The average molecular weight is 683 g/mol. The molecule has 272 valence electrons. The van der Waals surface area contributed by atoms with Crippen molar-refractivity contribution in [3.05, 3.63) is 12.2 Å². The number of esters is 1. The molecule has 46 heavy (non-hydrogen) atoms. The molecule has 1 saturated heterocycles. The first-order chi connectivity index (χ1) is 22.1. The van der Waals surface area contributed by atoms with Gasteiger partial charge >= 0.3 is 16.4 Å². The van der Waals surface area contributed by atoms with Crippen molar-refractivity contribution < 1.29 is 56.2 Å². The first-order valence-electron chi connectivity index (χ1n) is 17.4. The van der Waals surface area contributed by atoms with Crippen LogP contribution in [0.25, 0.3) is 0 Å². The largest absolute Gasteiger partial charge is 0.457 e. The number of aliphatic hydroxyl groups excluding tert-OH is 3. The number of hydrogen-bond donors (Lipinski definition) is 4. The standard InChI is InChI=1S/C33H62O12S/c1-3-5-7-9-11-12-13-14-15-16-18-20-22-29(35)43-27(25-41-23-21-19-17-10-8-6-4-2)26-42-33-31(37)32(45-46(38,39)40)30(36)28(24-34)44-33/h11-12,27-28,30-34,36-37H,3-10,13-26H2,1-2H3,(H,38,39,40)/b12-11-. The van der Waals surface area contributed by atoms with Gasteiger partial charge in [-0.3, -0.25) is 9.35 Å². The van der Waals surface area contributed by atoms with Crippen LogP contribution in [0.3, 0.4) is 0 Å². The lowest BCUT2D eigenvalue weighted by molar-refractivity contribution is -0.301. The SMILES string of the molecule is CCCCC/C=C\CCCCCCCC(=O)OC(COCCCCCCCCC)COC1OC(CO)C(O)C(OS(=O)(=O)O)C1O. The maximum atomic E-state index is 12.7. The van der Waals surface area contributed by atoms with E-state index < -0.39 is 59.8 Å². The topological polar surface area (TPSA) is 178 Å². The summed E-state index contributed by atoms with van der Waals surface area (Å²) >= 11 is 0. The highest BCUT2D eigenvalue weighted by Crippen LogP contribution is 2.26. The lowest BCUT2D eigenvalue weighted by atomic mass is 9.99. The molecular weight excluding hydrogens is 620 g/mol. The fraction of sp³-hybridized carbons (Fsp3) is 0.909. The summed E-state index contributed by atoms with van der Waals surface area (Å²) < 4.78 is 58.4. The number of carbonyl (C=O) groups is 1. The Balaban J connectivity index is 2.55. The minimum atomic E-state index is -5.05. The summed E-state index contributed by atoms with van der Waals surface area (Å²) in [6.07, 6.45) is 14.2. The van der Waals surface area contributed by atoms with Gasteiger partial charge in [0.1, 0.15) is 30.5 Å². The summed E-state index contributed by atoms with van der Waals surface area (Å²) in [5, 5.41) is 30.4. The van der Waals surface area contributed by atoms with Crippen molar-refractivity contribution in [3.63, 3.8) is 0 Å². The van der Waals surface area contributed by atoms with Crippen molar-refractivity contribution in [2.75, 3.05) is 26.4 Å². The van der Waals surface area contributed by atoms with Gasteiger partial charge in [-0.1, -0.05) is 96.6 Å². The number of hydrogen-bond acceptors (Lipinski definition) is 11. The molecule has 0 aliphatic carbocycles. The highest BCUT2D eigenvalue weighted by Gasteiger charge is 2.48. The highest BCUT2D eigenvalue weighted by atomic mass is 32.3. The molecule has 0 spiro atoms. The Morgan fingerprint density at radius 2 is 1.37 bits per heavy atom. The van der Waals surface area contributed by atoms with Gasteiger partial charge in [-0.05, 0) is 38.5 Å². The molecule has 6 atom stereocenters. The second-order valence-corrected chi connectivity index (χ2v) is 13.2. The predicted molar refractivity (Wildman–Crippen MR) is 174 cm³/mol. The van der Waals surface area contributed by atoms with Gasteiger partial charge in [-0.25, -0.2) is 4.18 Å². The summed E-state index contributed by atoms with van der Waals surface area (Å²) in [7, 11) is -5.05. The second kappa shape index (κ2) is 26.8. The third-order valence-electron chi connectivity index (χ3n) is 7.89. The highest BCUT2D eigenvalue weighted by molar-refractivity contribution is 7.80. The number of carbonyl (C=O) groups excluding carboxylic acids is 1. The van der Waals surface area contributed by atoms with E-state index in [0.29, 0.717) is 13.0 Å². The van der Waals surface area contributed by atoms with Crippen LogP contribution in [0.1, 0.15) is 129 Å². The first kappa shape index (κ1) is 42.9. The quantitative estimate of drug-likeness (QED) is 0.0352. The summed E-state index contributed by atoms with van der Waals surface area (Å²) in [4.78, 5) is 12.7. The summed E-state index contributed by atoms with van der Waals surface area (Å²) in [5.41, 5.74) is 0. The summed E-state index contributed by atoms with van der Waals surface area (Å²) in [6.45, 7) is 3.88. The van der Waals surface area contributed by atoms with Crippen molar-refractivity contribution in [3.8, 4) is 0 Å². The molecule has 4 N–H and O–H groups in total. The molecule has 0 aromatic heterocycles. The Labute approximate surface area is 277 Å². The van der Waals surface area contributed by atoms with Gasteiger partial charge in [0.2, 0.25) is 0 Å². The molecule has 1 heterocycles. The Kier molecular flexibility index (Phi) is 24.9. The van der Waals surface area contributed by atoms with Crippen LogP contribution in [0.2, 0.25) is 0 Å². The van der Waals surface area contributed by atoms with Crippen LogP contribution >= 0.6 is 0 Å². The van der Waals surface area contributed by atoms with Crippen LogP contribution in [0.5, 0.6) is 0 Å². The van der Waals surface area contributed by atoms with E-state index in [2.05, 4.69) is 30.2 Å². The predicted octanol–water partition coefficient (Wildman–Crippen LogP) is 5.18. The lowest BCUT2D eigenvalue weighted by Gasteiger charge is -2.41. The molecule has 1 rings (SSSR count). The van der Waals surface area contributed by atoms with E-state index in [-0.39, 0.29) is 19.6 Å². The number of rotatable bonds is 29. The van der Waals surface area contributed by atoms with Gasteiger partial charge in [0.15, 0.2) is 6.29 Å². The molecule has 6 unspecified atom stereocenters. The molecule has 1 fully saturated rings. The zero-order valence-corrected chi connectivity index (χ0v) is 29.0. The fourth-order valence-electron chi connectivity index (χ4n) is 5.19. The van der Waals surface area contributed by atoms with Crippen LogP contribution in [0.4, 0.5) is 0 Å². The average Bonchev–Trinajstić information content (AvgIpc) is 3.01. The monoisotopic (exact) mass is 682 g/mol. The third-order valence-corrected chi connectivity index (χ3v) is 8.35. The lowest BCUT2D eigenvalue weighted by Crippen LogP contribution is -2.60. The van der Waals surface area contributed by atoms with Crippen LogP contribution in [-0.4, -0.2) is 97.5 Å². The molecule has 12 nitrogen and oxygen atoms in total. The third kappa shape index (κ3) is 20.9. The molecule has 1 aliphatic rings. The van der Waals surface area contributed by atoms with E-state index >= 15 is 0 Å². The Hall–Kier alpha value is -1.16. The van der Waals surface area contributed by atoms with Crippen LogP contribution < -0.4 is 0 Å². The number of allylic oxidation sites excluding steroid dienone is 2. The van der Waals surface area contributed by atoms with Crippen molar-refractivity contribution in [2.45, 2.75) is 166 Å². The molecule has 0 radical (unpaired) electrons. The normalized spacial score (nSPS) is 22.8. The Bertz CT molecular complexity index is 884. The molecule has 0 aromatic rings. The maximum Gasteiger partial charge on any atom is 0.397 e. The minimum absolute atomic E-state index is 0.0351. The van der Waals surface area contributed by atoms with Gasteiger partial charge in [-0.2, -0.15) is 8.42 Å². The van der Waals surface area contributed by atoms with E-state index in [1.807, 2.05) is 0 Å². The van der Waals surface area contributed by atoms with E-state index in [1.54, 1.807) is 0 Å². The number of unbranched alkanes of at least 4 members (excludes halogenated alkanes) is 14. The van der Waals surface area contributed by atoms with E-state index in [4.69, 9.17) is 23.5 Å². The van der Waals surface area contributed by atoms with Crippen LogP contribution in [-0.2, 0) is 38.3 Å². The zero-order chi connectivity index (χ0) is 34.0. The first-order valence-corrected chi connectivity index (χ1v) is 18.8. The van der Waals surface area contributed by atoms with E-state index in [1.165, 1.54) is 44.9 Å². The van der Waals surface area contributed by atoms with Crippen molar-refractivity contribution in [1.82, 2.24) is 0 Å². The van der Waals surface area contributed by atoms with E-state index in [9.17, 15) is 28.5 Å². The van der Waals surface area contributed by atoms with Gasteiger partial charge in [0, 0.05) is 13.0 Å². The van der Waals surface area contributed by atoms with Gasteiger partial charge in [0.25, 0.3) is 0 Å². The Morgan fingerprint density at radius 3 is 2.00 bits per heavy atom. The van der Waals surface area contributed by atoms with Crippen molar-refractivity contribution in [1.29, 1.82) is 0 Å². The van der Waals surface area contributed by atoms with Gasteiger partial charge in [-0.15, -0.1) is 0 Å². The van der Waals surface area contributed by atoms with Crippen LogP contribution in [0.15, 0.2) is 12.2 Å². The molecule has 1 aliphatic heterocycles. The van der Waals surface area contributed by atoms with Gasteiger partial charge in [0.05, 0.1) is 19.8 Å². The summed E-state index contributed by atoms with van der Waals surface area (Å²) in [5.74, 6) is -0.413. The second-order valence-electron chi connectivity index (χ2n) is 12.1. The van der Waals surface area contributed by atoms with Gasteiger partial charge < -0.3 is 34.3 Å². The minimum Gasteiger partial charge on any atom is -0.457 e.